The fraction of sp³-hybridized carbons (Fsp3) is 0.0588. The van der Waals surface area contributed by atoms with Crippen LogP contribution in [-0.4, -0.2) is 4.98 Å². The maximum absolute atomic E-state index is 3.48. The van der Waals surface area contributed by atoms with Gasteiger partial charge in [-0.2, -0.15) is 0 Å². The number of fused-ring (bicyclic) bond motifs is 1. The number of aromatic nitrogens is 1. The van der Waals surface area contributed by atoms with Crippen LogP contribution in [0, 0.1) is 0 Å². The lowest BCUT2D eigenvalue weighted by atomic mass is 10.0. The first-order valence-electron chi connectivity index (χ1n) is 6.18. The molecule has 1 nitrogen and oxygen atoms in total. The minimum atomic E-state index is 1.17. The van der Waals surface area contributed by atoms with Crippen molar-refractivity contribution >= 4 is 16.5 Å². The lowest BCUT2D eigenvalue weighted by molar-refractivity contribution is 1.38. The number of hydrogen-bond acceptors (Lipinski definition) is 0. The molecule has 0 aliphatic rings. The summed E-state index contributed by atoms with van der Waals surface area (Å²) in [5.74, 6) is 0. The zero-order valence-corrected chi connectivity index (χ0v) is 10.4. The predicted octanol–water partition coefficient (Wildman–Crippen LogP) is 4.62. The SMILES string of the molecule is C/C=C(\c1ccccc1)c1cc2ccccc2[nH]1. The molecule has 0 aliphatic carbocycles. The molecule has 0 amide bonds. The summed E-state index contributed by atoms with van der Waals surface area (Å²) in [4.78, 5) is 3.48. The van der Waals surface area contributed by atoms with Crippen LogP contribution < -0.4 is 0 Å². The van der Waals surface area contributed by atoms with Gasteiger partial charge in [-0.05, 0) is 24.6 Å². The Balaban J connectivity index is 2.13. The van der Waals surface area contributed by atoms with Gasteiger partial charge in [-0.1, -0.05) is 54.6 Å². The van der Waals surface area contributed by atoms with Gasteiger partial charge in [0.1, 0.15) is 0 Å². The highest BCUT2D eigenvalue weighted by Gasteiger charge is 2.06. The number of hydrogen-bond donors (Lipinski definition) is 1. The molecular formula is C17H15N. The lowest BCUT2D eigenvalue weighted by Gasteiger charge is -2.04. The first-order valence-corrected chi connectivity index (χ1v) is 6.18. The van der Waals surface area contributed by atoms with Gasteiger partial charge in [0.2, 0.25) is 0 Å². The third-order valence-corrected chi connectivity index (χ3v) is 3.19. The molecule has 1 N–H and O–H groups in total. The van der Waals surface area contributed by atoms with Crippen LogP contribution >= 0.6 is 0 Å². The zero-order chi connectivity index (χ0) is 12.4. The van der Waals surface area contributed by atoms with Crippen molar-refractivity contribution in [2.75, 3.05) is 0 Å². The Kier molecular flexibility index (Phi) is 2.73. The predicted molar refractivity (Wildman–Crippen MR) is 77.5 cm³/mol. The van der Waals surface area contributed by atoms with E-state index in [1.807, 2.05) is 6.07 Å². The van der Waals surface area contributed by atoms with Gasteiger partial charge < -0.3 is 4.98 Å². The molecular weight excluding hydrogens is 218 g/mol. The van der Waals surface area contributed by atoms with E-state index in [-0.39, 0.29) is 0 Å². The normalized spacial score (nSPS) is 11.9. The molecule has 3 aromatic rings. The van der Waals surface area contributed by atoms with Crippen molar-refractivity contribution in [3.8, 4) is 0 Å². The van der Waals surface area contributed by atoms with E-state index in [9.17, 15) is 0 Å². The van der Waals surface area contributed by atoms with E-state index in [2.05, 4.69) is 72.6 Å². The summed E-state index contributed by atoms with van der Waals surface area (Å²) in [6.45, 7) is 2.08. The molecule has 0 atom stereocenters. The van der Waals surface area contributed by atoms with Crippen LogP contribution in [0.5, 0.6) is 0 Å². The monoisotopic (exact) mass is 233 g/mol. The molecule has 1 heteroatoms. The van der Waals surface area contributed by atoms with Gasteiger partial charge in [0.05, 0.1) is 0 Å². The standard InChI is InChI=1S/C17H15N/c1-2-15(13-8-4-3-5-9-13)17-12-14-10-6-7-11-16(14)18-17/h2-12,18H,1H3/b15-2+. The summed E-state index contributed by atoms with van der Waals surface area (Å²) < 4.78 is 0. The fourth-order valence-corrected chi connectivity index (χ4v) is 2.31. The van der Waals surface area contributed by atoms with Crippen LogP contribution in [0.2, 0.25) is 0 Å². The van der Waals surface area contributed by atoms with E-state index < -0.39 is 0 Å². The lowest BCUT2D eigenvalue weighted by Crippen LogP contribution is -1.86. The number of allylic oxidation sites excluding steroid dienone is 1. The zero-order valence-electron chi connectivity index (χ0n) is 10.4. The van der Waals surface area contributed by atoms with Gasteiger partial charge in [0.25, 0.3) is 0 Å². The maximum Gasteiger partial charge on any atom is 0.0467 e. The van der Waals surface area contributed by atoms with Gasteiger partial charge in [0, 0.05) is 22.2 Å². The first kappa shape index (κ1) is 10.8. The third-order valence-electron chi connectivity index (χ3n) is 3.19. The van der Waals surface area contributed by atoms with Crippen LogP contribution in [0.25, 0.3) is 16.5 Å². The second-order valence-electron chi connectivity index (χ2n) is 4.34. The van der Waals surface area contributed by atoms with Crippen molar-refractivity contribution in [2.45, 2.75) is 6.92 Å². The second-order valence-corrected chi connectivity index (χ2v) is 4.34. The van der Waals surface area contributed by atoms with Crippen LogP contribution in [0.1, 0.15) is 18.2 Å². The van der Waals surface area contributed by atoms with Gasteiger partial charge in [-0.15, -0.1) is 0 Å². The van der Waals surface area contributed by atoms with Crippen molar-refractivity contribution in [3.05, 3.63) is 78.0 Å². The minimum absolute atomic E-state index is 1.17. The smallest absolute Gasteiger partial charge is 0.0467 e. The summed E-state index contributed by atoms with van der Waals surface area (Å²) in [6, 6.07) is 21.0. The Morgan fingerprint density at radius 3 is 2.39 bits per heavy atom. The molecule has 0 bridgehead atoms. The molecule has 0 radical (unpaired) electrons. The Hall–Kier alpha value is -2.28. The molecule has 2 aromatic carbocycles. The fourth-order valence-electron chi connectivity index (χ4n) is 2.31. The second kappa shape index (κ2) is 4.53. The minimum Gasteiger partial charge on any atom is -0.355 e. The van der Waals surface area contributed by atoms with E-state index in [1.165, 1.54) is 27.7 Å². The number of benzene rings is 2. The average Bonchev–Trinajstić information content (AvgIpc) is 2.84. The van der Waals surface area contributed by atoms with Crippen LogP contribution in [0.4, 0.5) is 0 Å². The Morgan fingerprint density at radius 2 is 1.67 bits per heavy atom. The largest absolute Gasteiger partial charge is 0.355 e. The Bertz CT molecular complexity index is 657. The van der Waals surface area contributed by atoms with Gasteiger partial charge in [0.15, 0.2) is 0 Å². The summed E-state index contributed by atoms with van der Waals surface area (Å²) in [6.07, 6.45) is 2.15. The highest BCUT2D eigenvalue weighted by molar-refractivity contribution is 5.88. The summed E-state index contributed by atoms with van der Waals surface area (Å²) >= 11 is 0. The van der Waals surface area contributed by atoms with Crippen molar-refractivity contribution in [2.24, 2.45) is 0 Å². The van der Waals surface area contributed by atoms with Gasteiger partial charge in [-0.25, -0.2) is 0 Å². The van der Waals surface area contributed by atoms with E-state index in [0.29, 0.717) is 0 Å². The average molecular weight is 233 g/mol. The molecule has 0 fully saturated rings. The summed E-state index contributed by atoms with van der Waals surface area (Å²) in [5, 5.41) is 1.25. The molecule has 0 spiro atoms. The molecule has 18 heavy (non-hydrogen) atoms. The van der Waals surface area contributed by atoms with E-state index in [0.717, 1.165) is 0 Å². The van der Waals surface area contributed by atoms with Crippen molar-refractivity contribution in [1.29, 1.82) is 0 Å². The number of para-hydroxylation sites is 1. The highest BCUT2D eigenvalue weighted by Crippen LogP contribution is 2.25. The van der Waals surface area contributed by atoms with E-state index in [1.54, 1.807) is 0 Å². The first-order chi connectivity index (χ1) is 8.88. The highest BCUT2D eigenvalue weighted by atomic mass is 14.7. The molecule has 0 saturated heterocycles. The van der Waals surface area contributed by atoms with Crippen LogP contribution in [-0.2, 0) is 0 Å². The Morgan fingerprint density at radius 1 is 0.944 bits per heavy atom. The van der Waals surface area contributed by atoms with E-state index in [4.69, 9.17) is 0 Å². The molecule has 0 aliphatic heterocycles. The van der Waals surface area contributed by atoms with Crippen LogP contribution in [0.15, 0.2) is 66.7 Å². The number of nitrogens with one attached hydrogen (secondary N) is 1. The van der Waals surface area contributed by atoms with E-state index >= 15 is 0 Å². The molecule has 3 rings (SSSR count). The van der Waals surface area contributed by atoms with Crippen molar-refractivity contribution in [1.82, 2.24) is 4.98 Å². The van der Waals surface area contributed by atoms with Crippen molar-refractivity contribution in [3.63, 3.8) is 0 Å². The molecule has 0 saturated carbocycles. The molecule has 0 unspecified atom stereocenters. The quantitative estimate of drug-likeness (QED) is 0.664. The van der Waals surface area contributed by atoms with Crippen LogP contribution in [0.3, 0.4) is 0 Å². The van der Waals surface area contributed by atoms with Crippen molar-refractivity contribution < 1.29 is 0 Å². The van der Waals surface area contributed by atoms with Gasteiger partial charge in [-0.3, -0.25) is 0 Å². The molecule has 1 aromatic heterocycles. The number of H-pyrrole nitrogens is 1. The topological polar surface area (TPSA) is 15.8 Å². The third kappa shape index (κ3) is 1.84. The Labute approximate surface area is 107 Å². The summed E-state index contributed by atoms with van der Waals surface area (Å²) in [7, 11) is 0. The summed E-state index contributed by atoms with van der Waals surface area (Å²) in [5.41, 5.74) is 4.84. The molecule has 88 valence electrons. The number of aromatic amines is 1. The molecule has 1 heterocycles. The maximum atomic E-state index is 3.48. The number of rotatable bonds is 2. The van der Waals surface area contributed by atoms with Gasteiger partial charge >= 0.3 is 0 Å².